The van der Waals surface area contributed by atoms with E-state index in [1.165, 1.54) is 36.4 Å². The van der Waals surface area contributed by atoms with E-state index in [9.17, 15) is 17.6 Å². The summed E-state index contributed by atoms with van der Waals surface area (Å²) in [5.74, 6) is -0.987. The van der Waals surface area contributed by atoms with E-state index in [0.717, 1.165) is 12.1 Å². The van der Waals surface area contributed by atoms with Crippen LogP contribution in [-0.4, -0.2) is 14.3 Å². The molecule has 29 heavy (non-hydrogen) atoms. The van der Waals surface area contributed by atoms with Crippen molar-refractivity contribution in [2.45, 2.75) is 11.8 Å². The van der Waals surface area contributed by atoms with Crippen LogP contribution in [0.5, 0.6) is 0 Å². The number of carbonyl (C=O) groups is 1. The number of rotatable bonds is 5. The summed E-state index contributed by atoms with van der Waals surface area (Å²) in [6, 6.07) is 17.4. The molecule has 0 unspecified atom stereocenters. The van der Waals surface area contributed by atoms with E-state index in [1.807, 2.05) is 6.07 Å². The molecule has 0 saturated heterocycles. The molecule has 3 rings (SSSR count). The fraction of sp³-hybridized carbons (Fsp3) is 0.0476. The number of nitrogens with one attached hydrogen (secondary N) is 2. The number of benzene rings is 3. The minimum atomic E-state index is -3.98. The first-order chi connectivity index (χ1) is 13.8. The third-order valence-corrected chi connectivity index (χ3v) is 5.49. The van der Waals surface area contributed by atoms with Crippen molar-refractivity contribution in [1.29, 1.82) is 5.26 Å². The van der Waals surface area contributed by atoms with Crippen molar-refractivity contribution in [3.63, 3.8) is 0 Å². The zero-order valence-corrected chi connectivity index (χ0v) is 16.1. The molecule has 2 N–H and O–H groups in total. The first-order valence-corrected chi connectivity index (χ1v) is 9.97. The van der Waals surface area contributed by atoms with Crippen molar-refractivity contribution in [3.05, 3.63) is 89.2 Å². The number of anilines is 2. The Labute approximate surface area is 167 Å². The lowest BCUT2D eigenvalue weighted by atomic mass is 10.1. The van der Waals surface area contributed by atoms with Crippen LogP contribution in [0.2, 0.25) is 0 Å². The number of halogens is 1. The molecular weight excluding hydrogens is 393 g/mol. The largest absolute Gasteiger partial charge is 0.322 e. The third-order valence-electron chi connectivity index (χ3n) is 4.11. The first kappa shape index (κ1) is 20.0. The van der Waals surface area contributed by atoms with Gasteiger partial charge in [-0.15, -0.1) is 0 Å². The SMILES string of the molecule is Cc1ccc(S(=O)(=O)Nc2ccc(F)cc2)cc1C(=O)Nc1cccc(C#N)c1. The lowest BCUT2D eigenvalue weighted by Gasteiger charge is -2.12. The normalized spacial score (nSPS) is 10.8. The summed E-state index contributed by atoms with van der Waals surface area (Å²) in [5, 5.41) is 11.6. The Hall–Kier alpha value is -3.70. The third kappa shape index (κ3) is 4.78. The number of carbonyl (C=O) groups excluding carboxylic acids is 1. The van der Waals surface area contributed by atoms with Gasteiger partial charge in [0, 0.05) is 16.9 Å². The van der Waals surface area contributed by atoms with E-state index < -0.39 is 21.7 Å². The second-order valence-corrected chi connectivity index (χ2v) is 7.92. The molecule has 0 radical (unpaired) electrons. The molecule has 0 aromatic heterocycles. The van der Waals surface area contributed by atoms with Gasteiger partial charge in [0.15, 0.2) is 0 Å². The molecular formula is C21H16FN3O3S. The number of nitriles is 1. The highest BCUT2D eigenvalue weighted by atomic mass is 32.2. The molecule has 0 aliphatic rings. The maximum absolute atomic E-state index is 13.0. The molecule has 3 aromatic carbocycles. The molecule has 6 nitrogen and oxygen atoms in total. The van der Waals surface area contributed by atoms with E-state index in [-0.39, 0.29) is 16.1 Å². The van der Waals surface area contributed by atoms with Gasteiger partial charge in [-0.2, -0.15) is 5.26 Å². The molecule has 8 heteroatoms. The Morgan fingerprint density at radius 2 is 1.72 bits per heavy atom. The second-order valence-electron chi connectivity index (χ2n) is 6.24. The van der Waals surface area contributed by atoms with Crippen LogP contribution >= 0.6 is 0 Å². The average Bonchev–Trinajstić information content (AvgIpc) is 2.69. The van der Waals surface area contributed by atoms with Gasteiger partial charge in [-0.25, -0.2) is 12.8 Å². The van der Waals surface area contributed by atoms with Crippen LogP contribution < -0.4 is 10.0 Å². The molecule has 0 fully saturated rings. The summed E-state index contributed by atoms with van der Waals surface area (Å²) >= 11 is 0. The van der Waals surface area contributed by atoms with Crippen molar-refractivity contribution in [1.82, 2.24) is 0 Å². The molecule has 0 aliphatic carbocycles. The van der Waals surface area contributed by atoms with Gasteiger partial charge >= 0.3 is 0 Å². The van der Waals surface area contributed by atoms with Gasteiger partial charge in [-0.3, -0.25) is 9.52 Å². The van der Waals surface area contributed by atoms with Gasteiger partial charge in [0.2, 0.25) is 0 Å². The van der Waals surface area contributed by atoms with Crippen molar-refractivity contribution < 1.29 is 17.6 Å². The summed E-state index contributed by atoms with van der Waals surface area (Å²) in [7, 11) is -3.98. The van der Waals surface area contributed by atoms with Crippen LogP contribution in [0.1, 0.15) is 21.5 Å². The second kappa shape index (κ2) is 8.12. The number of aryl methyl sites for hydroxylation is 1. The standard InChI is InChI=1S/C21H16FN3O3S/c1-14-5-10-19(29(27,28)25-17-8-6-16(22)7-9-17)12-20(14)21(26)24-18-4-2-3-15(11-18)13-23/h2-12,25H,1H3,(H,24,26). The van der Waals surface area contributed by atoms with Crippen LogP contribution in [0.3, 0.4) is 0 Å². The Kier molecular flexibility index (Phi) is 5.61. The molecule has 0 bridgehead atoms. The van der Waals surface area contributed by atoms with E-state index >= 15 is 0 Å². The van der Waals surface area contributed by atoms with Gasteiger partial charge in [0.05, 0.1) is 16.5 Å². The minimum absolute atomic E-state index is 0.108. The van der Waals surface area contributed by atoms with Crippen molar-refractivity contribution in [2.75, 3.05) is 10.0 Å². The highest BCUT2D eigenvalue weighted by molar-refractivity contribution is 7.92. The van der Waals surface area contributed by atoms with E-state index in [4.69, 9.17) is 5.26 Å². The van der Waals surface area contributed by atoms with Crippen molar-refractivity contribution >= 4 is 27.3 Å². The summed E-state index contributed by atoms with van der Waals surface area (Å²) < 4.78 is 40.6. The van der Waals surface area contributed by atoms with Crippen LogP contribution in [0, 0.1) is 24.1 Å². The number of hydrogen-bond acceptors (Lipinski definition) is 4. The maximum Gasteiger partial charge on any atom is 0.261 e. The van der Waals surface area contributed by atoms with Gasteiger partial charge < -0.3 is 5.32 Å². The minimum Gasteiger partial charge on any atom is -0.322 e. The van der Waals surface area contributed by atoms with Gasteiger partial charge in [0.1, 0.15) is 5.82 Å². The van der Waals surface area contributed by atoms with Gasteiger partial charge in [0.25, 0.3) is 15.9 Å². The Bertz CT molecular complexity index is 1220. The summed E-state index contributed by atoms with van der Waals surface area (Å²) in [4.78, 5) is 12.6. The number of sulfonamides is 1. The van der Waals surface area contributed by atoms with Crippen LogP contribution in [0.15, 0.2) is 71.6 Å². The molecule has 0 saturated carbocycles. The molecule has 1 amide bonds. The fourth-order valence-corrected chi connectivity index (χ4v) is 3.69. The van der Waals surface area contributed by atoms with Crippen molar-refractivity contribution in [3.8, 4) is 6.07 Å². The maximum atomic E-state index is 13.0. The quantitative estimate of drug-likeness (QED) is 0.664. The predicted octanol–water partition coefficient (Wildman–Crippen LogP) is 4.06. The predicted molar refractivity (Wildman–Crippen MR) is 107 cm³/mol. The lowest BCUT2D eigenvalue weighted by Crippen LogP contribution is -2.17. The molecule has 146 valence electrons. The Balaban J connectivity index is 1.87. The molecule has 0 spiro atoms. The first-order valence-electron chi connectivity index (χ1n) is 8.49. The van der Waals surface area contributed by atoms with E-state index in [1.54, 1.807) is 25.1 Å². The van der Waals surface area contributed by atoms with E-state index in [0.29, 0.717) is 16.8 Å². The lowest BCUT2D eigenvalue weighted by molar-refractivity contribution is 0.102. The number of nitrogens with zero attached hydrogens (tertiary/aromatic N) is 1. The number of amides is 1. The fourth-order valence-electron chi connectivity index (χ4n) is 2.61. The summed E-state index contributed by atoms with van der Waals surface area (Å²) in [6.45, 7) is 1.68. The topological polar surface area (TPSA) is 99.1 Å². The highest BCUT2D eigenvalue weighted by Gasteiger charge is 2.18. The van der Waals surface area contributed by atoms with Gasteiger partial charge in [-0.1, -0.05) is 12.1 Å². The smallest absolute Gasteiger partial charge is 0.261 e. The molecule has 0 atom stereocenters. The van der Waals surface area contributed by atoms with Crippen molar-refractivity contribution in [2.24, 2.45) is 0 Å². The van der Waals surface area contributed by atoms with E-state index in [2.05, 4.69) is 10.0 Å². The zero-order chi connectivity index (χ0) is 21.0. The monoisotopic (exact) mass is 409 g/mol. The molecule has 3 aromatic rings. The molecule has 0 heterocycles. The Morgan fingerprint density at radius 3 is 2.41 bits per heavy atom. The Morgan fingerprint density at radius 1 is 1.00 bits per heavy atom. The summed E-state index contributed by atoms with van der Waals surface area (Å²) in [5.41, 5.74) is 1.77. The zero-order valence-electron chi connectivity index (χ0n) is 15.3. The highest BCUT2D eigenvalue weighted by Crippen LogP contribution is 2.21. The van der Waals surface area contributed by atoms with Crippen LogP contribution in [-0.2, 0) is 10.0 Å². The van der Waals surface area contributed by atoms with Crippen LogP contribution in [0.4, 0.5) is 15.8 Å². The molecule has 0 aliphatic heterocycles. The van der Waals surface area contributed by atoms with Gasteiger partial charge in [-0.05, 0) is 67.1 Å². The summed E-state index contributed by atoms with van der Waals surface area (Å²) in [6.07, 6.45) is 0. The average molecular weight is 409 g/mol. The van der Waals surface area contributed by atoms with Crippen LogP contribution in [0.25, 0.3) is 0 Å². The number of hydrogen-bond donors (Lipinski definition) is 2.